The highest BCUT2D eigenvalue weighted by Crippen LogP contribution is 2.34. The molecule has 1 heterocycles. The van der Waals surface area contributed by atoms with Gasteiger partial charge < -0.3 is 10.2 Å². The fraction of sp³-hybridized carbons (Fsp3) is 0.200. The first-order chi connectivity index (χ1) is 14.0. The molecule has 0 saturated heterocycles. The Bertz CT molecular complexity index is 1060. The summed E-state index contributed by atoms with van der Waals surface area (Å²) in [5.41, 5.74) is 5.47. The highest BCUT2D eigenvalue weighted by Gasteiger charge is 2.31. The molecule has 4 heteroatoms. The zero-order valence-corrected chi connectivity index (χ0v) is 16.7. The van der Waals surface area contributed by atoms with Crippen LogP contribution in [0.4, 0.5) is 5.69 Å². The molecule has 3 aromatic rings. The Morgan fingerprint density at radius 1 is 0.966 bits per heavy atom. The molecule has 29 heavy (non-hydrogen) atoms. The van der Waals surface area contributed by atoms with Crippen LogP contribution < -0.4 is 10.2 Å². The van der Waals surface area contributed by atoms with E-state index in [1.54, 1.807) is 0 Å². The van der Waals surface area contributed by atoms with Crippen molar-refractivity contribution in [3.05, 3.63) is 101 Å². The third kappa shape index (κ3) is 3.92. The Hall–Kier alpha value is -3.40. The molecule has 0 saturated carbocycles. The van der Waals surface area contributed by atoms with Gasteiger partial charge in [0.15, 0.2) is 0 Å². The number of nitrogens with zero attached hydrogens (tertiary/aromatic N) is 1. The maximum Gasteiger partial charge on any atom is 0.258 e. The fourth-order valence-electron chi connectivity index (χ4n) is 3.86. The van der Waals surface area contributed by atoms with Crippen LogP contribution in [0.3, 0.4) is 0 Å². The van der Waals surface area contributed by atoms with Gasteiger partial charge in [-0.15, -0.1) is 0 Å². The van der Waals surface area contributed by atoms with Gasteiger partial charge in [-0.05, 0) is 61.7 Å². The lowest BCUT2D eigenvalue weighted by atomic mass is 10.1. The lowest BCUT2D eigenvalue weighted by Crippen LogP contribution is -2.35. The second-order valence-corrected chi connectivity index (χ2v) is 7.61. The predicted octanol–water partition coefficient (Wildman–Crippen LogP) is 4.52. The number of anilines is 1. The highest BCUT2D eigenvalue weighted by molar-refractivity contribution is 6.07. The van der Waals surface area contributed by atoms with E-state index in [1.807, 2.05) is 78.6 Å². The van der Waals surface area contributed by atoms with Crippen LogP contribution in [0, 0.1) is 6.92 Å². The van der Waals surface area contributed by atoms with Gasteiger partial charge in [0, 0.05) is 29.4 Å². The van der Waals surface area contributed by atoms with Crippen LogP contribution in [0.5, 0.6) is 0 Å². The smallest absolute Gasteiger partial charge is 0.258 e. The minimum absolute atomic E-state index is 0.0118. The zero-order valence-electron chi connectivity index (χ0n) is 16.7. The monoisotopic (exact) mass is 384 g/mol. The molecule has 0 unspecified atom stereocenters. The SMILES string of the molecule is Cc1cccc(C(=O)NCc2ccc3c(c2)N(C(=O)c2ccccc2)[C@H](C)C3)c1. The molecular formula is C25H24N2O2. The lowest BCUT2D eigenvalue weighted by Gasteiger charge is -2.23. The quantitative estimate of drug-likeness (QED) is 0.719. The number of fused-ring (bicyclic) bond motifs is 1. The molecule has 3 aromatic carbocycles. The second kappa shape index (κ2) is 7.92. The summed E-state index contributed by atoms with van der Waals surface area (Å²) in [5.74, 6) is -0.0856. The average molecular weight is 384 g/mol. The normalized spacial score (nSPS) is 15.1. The van der Waals surface area contributed by atoms with Crippen LogP contribution in [0.25, 0.3) is 0 Å². The Morgan fingerprint density at radius 3 is 2.48 bits per heavy atom. The van der Waals surface area contributed by atoms with Crippen molar-refractivity contribution >= 4 is 17.5 Å². The second-order valence-electron chi connectivity index (χ2n) is 7.61. The van der Waals surface area contributed by atoms with E-state index < -0.39 is 0 Å². The van der Waals surface area contributed by atoms with E-state index in [9.17, 15) is 9.59 Å². The molecule has 0 aromatic heterocycles. The van der Waals surface area contributed by atoms with Crippen molar-refractivity contribution in [2.24, 2.45) is 0 Å². The molecule has 4 rings (SSSR count). The number of benzene rings is 3. The molecular weight excluding hydrogens is 360 g/mol. The largest absolute Gasteiger partial charge is 0.348 e. The van der Waals surface area contributed by atoms with Crippen molar-refractivity contribution in [3.63, 3.8) is 0 Å². The average Bonchev–Trinajstić information content (AvgIpc) is 3.07. The Kier molecular flexibility index (Phi) is 5.17. The molecule has 0 aliphatic carbocycles. The standard InChI is InChI=1S/C25H24N2O2/c1-17-7-6-10-22(13-17)24(28)26-16-19-11-12-21-14-18(2)27(23(21)15-19)25(29)20-8-4-3-5-9-20/h3-13,15,18H,14,16H2,1-2H3,(H,26,28)/t18-/m1/s1. The Labute approximate surface area is 171 Å². The fourth-order valence-corrected chi connectivity index (χ4v) is 3.86. The van der Waals surface area contributed by atoms with Gasteiger partial charge in [-0.25, -0.2) is 0 Å². The van der Waals surface area contributed by atoms with E-state index in [0.29, 0.717) is 17.7 Å². The van der Waals surface area contributed by atoms with Gasteiger partial charge in [0.2, 0.25) is 0 Å². The highest BCUT2D eigenvalue weighted by atomic mass is 16.2. The first-order valence-electron chi connectivity index (χ1n) is 9.88. The van der Waals surface area contributed by atoms with Gasteiger partial charge >= 0.3 is 0 Å². The van der Waals surface area contributed by atoms with E-state index in [-0.39, 0.29) is 17.9 Å². The van der Waals surface area contributed by atoms with Crippen molar-refractivity contribution in [1.82, 2.24) is 5.32 Å². The minimum Gasteiger partial charge on any atom is -0.348 e. The zero-order chi connectivity index (χ0) is 20.4. The van der Waals surface area contributed by atoms with E-state index in [2.05, 4.69) is 18.3 Å². The molecule has 0 spiro atoms. The summed E-state index contributed by atoms with van der Waals surface area (Å²) in [5, 5.41) is 2.98. The summed E-state index contributed by atoms with van der Waals surface area (Å²) < 4.78 is 0. The third-order valence-electron chi connectivity index (χ3n) is 5.34. The molecule has 0 radical (unpaired) electrons. The van der Waals surface area contributed by atoms with Gasteiger partial charge in [-0.1, -0.05) is 48.0 Å². The van der Waals surface area contributed by atoms with Gasteiger partial charge in [-0.2, -0.15) is 0 Å². The molecule has 146 valence electrons. The molecule has 0 fully saturated rings. The number of nitrogens with one attached hydrogen (secondary N) is 1. The van der Waals surface area contributed by atoms with Gasteiger partial charge in [0.1, 0.15) is 0 Å². The lowest BCUT2D eigenvalue weighted by molar-refractivity contribution is 0.0948. The van der Waals surface area contributed by atoms with Gasteiger partial charge in [-0.3, -0.25) is 9.59 Å². The number of aryl methyl sites for hydroxylation is 1. The van der Waals surface area contributed by atoms with Crippen LogP contribution in [-0.2, 0) is 13.0 Å². The van der Waals surface area contributed by atoms with Crippen LogP contribution in [0.15, 0.2) is 72.8 Å². The van der Waals surface area contributed by atoms with Gasteiger partial charge in [0.25, 0.3) is 11.8 Å². The molecule has 1 atom stereocenters. The van der Waals surface area contributed by atoms with Crippen molar-refractivity contribution in [1.29, 1.82) is 0 Å². The number of hydrogen-bond donors (Lipinski definition) is 1. The van der Waals surface area contributed by atoms with E-state index in [1.165, 1.54) is 0 Å². The number of amides is 2. The maximum atomic E-state index is 13.1. The van der Waals surface area contributed by atoms with Crippen molar-refractivity contribution in [2.45, 2.75) is 32.9 Å². The van der Waals surface area contributed by atoms with E-state index in [0.717, 1.165) is 28.8 Å². The Balaban J connectivity index is 1.53. The molecule has 1 aliphatic rings. The molecule has 0 bridgehead atoms. The summed E-state index contributed by atoms with van der Waals surface area (Å²) in [4.78, 5) is 27.4. The first kappa shape index (κ1) is 18.9. The number of rotatable bonds is 4. The van der Waals surface area contributed by atoms with Crippen molar-refractivity contribution in [3.8, 4) is 0 Å². The van der Waals surface area contributed by atoms with Crippen molar-refractivity contribution < 1.29 is 9.59 Å². The minimum atomic E-state index is -0.0974. The molecule has 4 nitrogen and oxygen atoms in total. The van der Waals surface area contributed by atoms with Crippen LogP contribution in [0.1, 0.15) is 44.3 Å². The molecule has 2 amide bonds. The van der Waals surface area contributed by atoms with E-state index >= 15 is 0 Å². The predicted molar refractivity (Wildman–Crippen MR) is 115 cm³/mol. The summed E-state index contributed by atoms with van der Waals surface area (Å²) in [7, 11) is 0. The van der Waals surface area contributed by atoms with Gasteiger partial charge in [0.05, 0.1) is 0 Å². The molecule has 1 aliphatic heterocycles. The maximum absolute atomic E-state index is 13.1. The summed E-state index contributed by atoms with van der Waals surface area (Å²) >= 11 is 0. The first-order valence-corrected chi connectivity index (χ1v) is 9.88. The number of hydrogen-bond acceptors (Lipinski definition) is 2. The topological polar surface area (TPSA) is 49.4 Å². The summed E-state index contributed by atoms with van der Waals surface area (Å²) in [6.45, 7) is 4.46. The molecule has 1 N–H and O–H groups in total. The number of carbonyl (C=O) groups excluding carboxylic acids is 2. The number of carbonyl (C=O) groups is 2. The third-order valence-corrected chi connectivity index (χ3v) is 5.34. The van der Waals surface area contributed by atoms with E-state index in [4.69, 9.17) is 0 Å². The summed E-state index contributed by atoms with van der Waals surface area (Å²) in [6, 6.07) is 23.1. The van der Waals surface area contributed by atoms with Crippen LogP contribution >= 0.6 is 0 Å². The Morgan fingerprint density at radius 2 is 1.72 bits per heavy atom. The van der Waals surface area contributed by atoms with Crippen LogP contribution in [-0.4, -0.2) is 17.9 Å². The van der Waals surface area contributed by atoms with Crippen LogP contribution in [0.2, 0.25) is 0 Å². The summed E-state index contributed by atoms with van der Waals surface area (Å²) in [6.07, 6.45) is 0.837. The van der Waals surface area contributed by atoms with Crippen molar-refractivity contribution in [2.75, 3.05) is 4.90 Å².